The normalized spacial score (nSPS) is 21.7. The number of fused-ring (bicyclic) bond motifs is 2. The van der Waals surface area contributed by atoms with Gasteiger partial charge in [0.25, 0.3) is 0 Å². The van der Waals surface area contributed by atoms with Crippen molar-refractivity contribution in [3.05, 3.63) is 88.1 Å². The second kappa shape index (κ2) is 8.48. The Labute approximate surface area is 196 Å². The van der Waals surface area contributed by atoms with E-state index in [0.717, 1.165) is 16.1 Å². The summed E-state index contributed by atoms with van der Waals surface area (Å²) >= 11 is 1.52. The van der Waals surface area contributed by atoms with E-state index >= 15 is 0 Å². The first-order valence-corrected chi connectivity index (χ1v) is 11.9. The van der Waals surface area contributed by atoms with Crippen LogP contribution in [0.4, 0.5) is 5.69 Å². The summed E-state index contributed by atoms with van der Waals surface area (Å²) in [7, 11) is 0. The topological polar surface area (TPSA) is 66.9 Å². The zero-order chi connectivity index (χ0) is 23.0. The van der Waals surface area contributed by atoms with Gasteiger partial charge in [-0.05, 0) is 35.6 Å². The lowest BCUT2D eigenvalue weighted by atomic mass is 9.74. The number of hydrogen-bond acceptors (Lipinski definition) is 5. The maximum Gasteiger partial charge on any atom is 0.330 e. The van der Waals surface area contributed by atoms with E-state index in [1.807, 2.05) is 72.1 Å². The van der Waals surface area contributed by atoms with E-state index in [4.69, 9.17) is 4.74 Å². The number of esters is 1. The summed E-state index contributed by atoms with van der Waals surface area (Å²) in [4.78, 5) is 45.0. The summed E-state index contributed by atoms with van der Waals surface area (Å²) in [6.45, 7) is 2.55. The van der Waals surface area contributed by atoms with Crippen LogP contribution in [0.3, 0.4) is 0 Å². The third-order valence-electron chi connectivity index (χ3n) is 6.43. The number of ether oxygens (including phenoxy) is 1. The van der Waals surface area contributed by atoms with Crippen LogP contribution in [0, 0.1) is 0 Å². The van der Waals surface area contributed by atoms with E-state index in [9.17, 15) is 14.4 Å². The Morgan fingerprint density at radius 2 is 1.79 bits per heavy atom. The molecule has 2 aromatic carbocycles. The first-order chi connectivity index (χ1) is 16.1. The Bertz CT molecular complexity index is 1190. The van der Waals surface area contributed by atoms with Crippen molar-refractivity contribution in [1.29, 1.82) is 0 Å². The highest BCUT2D eigenvalue weighted by molar-refractivity contribution is 7.09. The molecule has 0 bridgehead atoms. The average molecular weight is 461 g/mol. The van der Waals surface area contributed by atoms with E-state index in [0.29, 0.717) is 12.1 Å². The molecule has 7 heteroatoms. The van der Waals surface area contributed by atoms with Crippen molar-refractivity contribution < 1.29 is 19.1 Å². The Kier molecular flexibility index (Phi) is 5.50. The van der Waals surface area contributed by atoms with Gasteiger partial charge in [-0.15, -0.1) is 11.3 Å². The van der Waals surface area contributed by atoms with Gasteiger partial charge in [0, 0.05) is 17.0 Å². The summed E-state index contributed by atoms with van der Waals surface area (Å²) in [6, 6.07) is 20.0. The van der Waals surface area contributed by atoms with Gasteiger partial charge in [-0.3, -0.25) is 9.59 Å². The Morgan fingerprint density at radius 3 is 2.52 bits per heavy atom. The highest BCUT2D eigenvalue weighted by Crippen LogP contribution is 2.52. The number of thiophene rings is 1. The molecule has 3 heterocycles. The maximum absolute atomic E-state index is 14.1. The zero-order valence-electron chi connectivity index (χ0n) is 18.3. The number of benzene rings is 2. The number of hydrogen-bond donors (Lipinski definition) is 0. The molecule has 2 amide bonds. The summed E-state index contributed by atoms with van der Waals surface area (Å²) in [5, 5.41) is 1.93. The van der Waals surface area contributed by atoms with Crippen LogP contribution in [0.1, 0.15) is 29.3 Å². The van der Waals surface area contributed by atoms with Gasteiger partial charge in [0.1, 0.15) is 11.5 Å². The third-order valence-corrected chi connectivity index (χ3v) is 7.29. The van der Waals surface area contributed by atoms with Crippen LogP contribution in [0.25, 0.3) is 0 Å². The van der Waals surface area contributed by atoms with Crippen LogP contribution in [0.5, 0.6) is 0 Å². The maximum atomic E-state index is 14.1. The second-order valence-corrected chi connectivity index (χ2v) is 9.33. The Hall–Kier alpha value is -3.45. The molecule has 1 fully saturated rings. The molecule has 33 heavy (non-hydrogen) atoms. The van der Waals surface area contributed by atoms with Crippen molar-refractivity contribution in [2.45, 2.75) is 37.9 Å². The molecular weight excluding hydrogens is 436 g/mol. The molecule has 0 aliphatic carbocycles. The van der Waals surface area contributed by atoms with Gasteiger partial charge >= 0.3 is 5.97 Å². The predicted octanol–water partition coefficient (Wildman–Crippen LogP) is 3.90. The number of para-hydroxylation sites is 1. The minimum absolute atomic E-state index is 0.0526. The van der Waals surface area contributed by atoms with Crippen molar-refractivity contribution in [2.75, 3.05) is 11.5 Å². The SMILES string of the molecule is CCOC(=O)[C@@H]1N(Cc2cccs2)C(=O)C[C@]12C(=O)N(Cc1ccccc1)c1ccccc12. The molecule has 2 atom stereocenters. The largest absolute Gasteiger partial charge is 0.464 e. The van der Waals surface area contributed by atoms with Crippen LogP contribution >= 0.6 is 11.3 Å². The first kappa shape index (κ1) is 21.4. The van der Waals surface area contributed by atoms with E-state index in [2.05, 4.69) is 0 Å². The summed E-state index contributed by atoms with van der Waals surface area (Å²) in [5.74, 6) is -0.983. The summed E-state index contributed by atoms with van der Waals surface area (Å²) in [6.07, 6.45) is -0.0526. The fourth-order valence-corrected chi connectivity index (χ4v) is 5.76. The molecule has 1 aromatic heterocycles. The fraction of sp³-hybridized carbons (Fsp3) is 0.269. The fourth-order valence-electron chi connectivity index (χ4n) is 5.06. The molecule has 5 rings (SSSR count). The highest BCUT2D eigenvalue weighted by atomic mass is 32.1. The molecule has 6 nitrogen and oxygen atoms in total. The lowest BCUT2D eigenvalue weighted by molar-refractivity contribution is -0.154. The average Bonchev–Trinajstić information content (AvgIpc) is 3.50. The van der Waals surface area contributed by atoms with Gasteiger partial charge in [-0.2, -0.15) is 0 Å². The third kappa shape index (κ3) is 3.43. The highest BCUT2D eigenvalue weighted by Gasteiger charge is 2.66. The lowest BCUT2D eigenvalue weighted by Crippen LogP contribution is -2.53. The predicted molar refractivity (Wildman–Crippen MR) is 126 cm³/mol. The monoisotopic (exact) mass is 460 g/mol. The van der Waals surface area contributed by atoms with Gasteiger partial charge in [0.15, 0.2) is 0 Å². The quantitative estimate of drug-likeness (QED) is 0.524. The molecule has 2 aliphatic rings. The van der Waals surface area contributed by atoms with Gasteiger partial charge < -0.3 is 14.5 Å². The van der Waals surface area contributed by atoms with Gasteiger partial charge in [-0.25, -0.2) is 4.79 Å². The van der Waals surface area contributed by atoms with Crippen molar-refractivity contribution in [3.63, 3.8) is 0 Å². The number of nitrogens with zero attached hydrogens (tertiary/aromatic N) is 2. The number of carbonyl (C=O) groups excluding carboxylic acids is 3. The van der Waals surface area contributed by atoms with Crippen molar-refractivity contribution in [3.8, 4) is 0 Å². The van der Waals surface area contributed by atoms with Crippen LogP contribution in [-0.4, -0.2) is 35.3 Å². The van der Waals surface area contributed by atoms with E-state index in [1.54, 1.807) is 11.8 Å². The molecular formula is C26H24N2O4S. The molecule has 0 saturated carbocycles. The minimum Gasteiger partial charge on any atom is -0.464 e. The second-order valence-electron chi connectivity index (χ2n) is 8.30. The number of likely N-dealkylation sites (tertiary alicyclic amines) is 1. The Morgan fingerprint density at radius 1 is 1.03 bits per heavy atom. The number of anilines is 1. The molecule has 1 spiro atoms. The zero-order valence-corrected chi connectivity index (χ0v) is 19.1. The van der Waals surface area contributed by atoms with E-state index < -0.39 is 17.4 Å². The van der Waals surface area contributed by atoms with Crippen LogP contribution in [-0.2, 0) is 37.6 Å². The molecule has 0 radical (unpaired) electrons. The Balaban J connectivity index is 1.62. The van der Waals surface area contributed by atoms with E-state index in [-0.39, 0.29) is 31.4 Å². The van der Waals surface area contributed by atoms with E-state index in [1.165, 1.54) is 16.2 Å². The molecule has 0 unspecified atom stereocenters. The molecule has 2 aliphatic heterocycles. The van der Waals surface area contributed by atoms with Crippen LogP contribution < -0.4 is 4.90 Å². The first-order valence-electron chi connectivity index (χ1n) is 11.0. The molecule has 1 saturated heterocycles. The lowest BCUT2D eigenvalue weighted by Gasteiger charge is -2.32. The van der Waals surface area contributed by atoms with Gasteiger partial charge in [0.2, 0.25) is 11.8 Å². The van der Waals surface area contributed by atoms with Gasteiger partial charge in [0.05, 0.1) is 19.7 Å². The van der Waals surface area contributed by atoms with Crippen molar-refractivity contribution >= 4 is 34.8 Å². The molecule has 3 aromatic rings. The van der Waals surface area contributed by atoms with Gasteiger partial charge in [-0.1, -0.05) is 54.6 Å². The summed E-state index contributed by atoms with van der Waals surface area (Å²) < 4.78 is 5.43. The molecule has 168 valence electrons. The molecule has 0 N–H and O–H groups in total. The van der Waals surface area contributed by atoms with Crippen molar-refractivity contribution in [1.82, 2.24) is 4.90 Å². The minimum atomic E-state index is -1.30. The van der Waals surface area contributed by atoms with Crippen molar-refractivity contribution in [2.24, 2.45) is 0 Å². The standard InChI is InChI=1S/C26H24N2O4S/c1-2-32-24(30)23-26(15-22(29)28(23)17-19-11-8-14-33-19)20-12-6-7-13-21(20)27(25(26)31)16-18-9-4-3-5-10-18/h3-14,23H,2,15-17H2,1H3/t23-,26+/m0/s1. The number of amides is 2. The van der Waals surface area contributed by atoms with Crippen LogP contribution in [0.15, 0.2) is 72.1 Å². The number of rotatable bonds is 6. The number of carbonyl (C=O) groups is 3. The van der Waals surface area contributed by atoms with Crippen LogP contribution in [0.2, 0.25) is 0 Å². The smallest absolute Gasteiger partial charge is 0.330 e. The summed E-state index contributed by atoms with van der Waals surface area (Å²) in [5.41, 5.74) is 1.13.